The van der Waals surface area contributed by atoms with Gasteiger partial charge >= 0.3 is 0 Å². The van der Waals surface area contributed by atoms with Crippen molar-refractivity contribution in [1.82, 2.24) is 19.8 Å². The van der Waals surface area contributed by atoms with E-state index in [-0.39, 0.29) is 35.2 Å². The van der Waals surface area contributed by atoms with Crippen LogP contribution >= 0.6 is 0 Å². The first kappa shape index (κ1) is 27.4. The van der Waals surface area contributed by atoms with Crippen molar-refractivity contribution in [2.75, 3.05) is 18.1 Å². The number of nitrogens with one attached hydrogen (secondary N) is 1. The number of benzene rings is 2. The van der Waals surface area contributed by atoms with Crippen LogP contribution in [-0.2, 0) is 21.1 Å². The molecule has 4 heterocycles. The summed E-state index contributed by atoms with van der Waals surface area (Å²) in [5.41, 5.74) is 3.05. The summed E-state index contributed by atoms with van der Waals surface area (Å²) in [6, 6.07) is 16.0. The standard InChI is InChI=1S/C31H39FN4O3S/c1-2-30-33-28-8-3-4-9-29(28)36(30)26-19-24-10-11-25(20-26)35(24)15-12-27(22-6-5-7-23(32)18-22)34-31(37)21-13-16-40(38,39)17-14-21/h3-9,18,21,24-27H,2,10-17,19-20H2,1H3,(H,34,37)/t24-,25+,26?,27-/m0/s1. The second kappa shape index (κ2) is 11.2. The van der Waals surface area contributed by atoms with Crippen molar-refractivity contribution in [3.63, 3.8) is 0 Å². The first-order chi connectivity index (χ1) is 19.3. The van der Waals surface area contributed by atoms with E-state index in [1.54, 1.807) is 6.07 Å². The Balaban J connectivity index is 1.16. The molecule has 7 nitrogen and oxygen atoms in total. The SMILES string of the molecule is CCc1nc2ccccc2n1C1C[C@H]2CC[C@@H](C1)N2CC[C@H](NC(=O)C1CCS(=O)(=O)CC1)c1cccc(F)c1. The molecule has 4 atom stereocenters. The molecule has 40 heavy (non-hydrogen) atoms. The van der Waals surface area contributed by atoms with Gasteiger partial charge in [-0.1, -0.05) is 31.2 Å². The van der Waals surface area contributed by atoms with Gasteiger partial charge in [-0.2, -0.15) is 0 Å². The van der Waals surface area contributed by atoms with Crippen molar-refractivity contribution >= 4 is 26.8 Å². The molecule has 0 aliphatic carbocycles. The molecular weight excluding hydrogens is 527 g/mol. The molecule has 1 aromatic heterocycles. The average molecular weight is 567 g/mol. The molecule has 3 saturated heterocycles. The predicted octanol–water partition coefficient (Wildman–Crippen LogP) is 4.98. The van der Waals surface area contributed by atoms with Gasteiger partial charge in [0.2, 0.25) is 5.91 Å². The smallest absolute Gasteiger partial charge is 0.223 e. The van der Waals surface area contributed by atoms with Crippen molar-refractivity contribution in [3.05, 3.63) is 65.7 Å². The second-order valence-corrected chi connectivity index (χ2v) is 14.1. The zero-order valence-electron chi connectivity index (χ0n) is 23.1. The first-order valence-corrected chi connectivity index (χ1v) is 16.6. The summed E-state index contributed by atoms with van der Waals surface area (Å²) in [5, 5.41) is 3.17. The van der Waals surface area contributed by atoms with E-state index < -0.39 is 9.84 Å². The number of halogens is 1. The number of hydrogen-bond donors (Lipinski definition) is 1. The number of aromatic nitrogens is 2. The van der Waals surface area contributed by atoms with E-state index in [2.05, 4.69) is 46.0 Å². The van der Waals surface area contributed by atoms with Crippen LogP contribution in [-0.4, -0.2) is 58.9 Å². The fourth-order valence-corrected chi connectivity index (χ4v) is 8.83. The number of fused-ring (bicyclic) bond motifs is 3. The minimum Gasteiger partial charge on any atom is -0.349 e. The fraction of sp³-hybridized carbons (Fsp3) is 0.548. The molecule has 6 rings (SSSR count). The lowest BCUT2D eigenvalue weighted by atomic mass is 9.94. The molecule has 2 bridgehead atoms. The lowest BCUT2D eigenvalue weighted by Crippen LogP contribution is -2.45. The molecule has 0 saturated carbocycles. The number of carbonyl (C=O) groups is 1. The molecule has 1 N–H and O–H groups in total. The number of sulfone groups is 1. The van der Waals surface area contributed by atoms with E-state index in [0.29, 0.717) is 37.4 Å². The molecule has 214 valence electrons. The van der Waals surface area contributed by atoms with Crippen LogP contribution in [0.15, 0.2) is 48.5 Å². The van der Waals surface area contributed by atoms with E-state index in [9.17, 15) is 17.6 Å². The van der Waals surface area contributed by atoms with Gasteiger partial charge in [-0.15, -0.1) is 0 Å². The highest BCUT2D eigenvalue weighted by Gasteiger charge is 2.42. The third kappa shape index (κ3) is 5.55. The number of aryl methyl sites for hydroxylation is 1. The van der Waals surface area contributed by atoms with Gasteiger partial charge < -0.3 is 9.88 Å². The number of nitrogens with zero attached hydrogens (tertiary/aromatic N) is 3. The largest absolute Gasteiger partial charge is 0.349 e. The van der Waals surface area contributed by atoms with Crippen LogP contribution in [0.4, 0.5) is 4.39 Å². The maximum atomic E-state index is 14.2. The van der Waals surface area contributed by atoms with E-state index in [0.717, 1.165) is 42.7 Å². The van der Waals surface area contributed by atoms with Crippen molar-refractivity contribution in [3.8, 4) is 0 Å². The Bertz CT molecular complexity index is 1460. The van der Waals surface area contributed by atoms with Gasteiger partial charge in [-0.25, -0.2) is 17.8 Å². The Hall–Kier alpha value is -2.78. The van der Waals surface area contributed by atoms with Crippen LogP contribution in [0.5, 0.6) is 0 Å². The zero-order valence-corrected chi connectivity index (χ0v) is 24.0. The van der Waals surface area contributed by atoms with E-state index in [1.165, 1.54) is 30.5 Å². The molecule has 9 heteroatoms. The predicted molar refractivity (Wildman–Crippen MR) is 154 cm³/mol. The number of piperidine rings is 1. The van der Waals surface area contributed by atoms with Gasteiger partial charge in [0.1, 0.15) is 21.5 Å². The van der Waals surface area contributed by atoms with Gasteiger partial charge in [0.05, 0.1) is 28.6 Å². The van der Waals surface area contributed by atoms with Gasteiger partial charge in [0.25, 0.3) is 0 Å². The Morgan fingerprint density at radius 1 is 1.02 bits per heavy atom. The van der Waals surface area contributed by atoms with Crippen LogP contribution in [0, 0.1) is 11.7 Å². The summed E-state index contributed by atoms with van der Waals surface area (Å²) in [7, 11) is -3.05. The summed E-state index contributed by atoms with van der Waals surface area (Å²) in [5.74, 6) is 0.512. The number of imidazole rings is 1. The molecule has 0 spiro atoms. The highest BCUT2D eigenvalue weighted by Crippen LogP contribution is 2.43. The Labute approximate surface area is 236 Å². The van der Waals surface area contributed by atoms with Crippen LogP contribution in [0.1, 0.15) is 75.3 Å². The van der Waals surface area contributed by atoms with E-state index in [1.807, 2.05) is 6.07 Å². The Kier molecular flexibility index (Phi) is 7.70. The van der Waals surface area contributed by atoms with Gasteiger partial charge in [-0.3, -0.25) is 9.69 Å². The summed E-state index contributed by atoms with van der Waals surface area (Å²) < 4.78 is 40.4. The Morgan fingerprint density at radius 3 is 2.45 bits per heavy atom. The number of hydrogen-bond acceptors (Lipinski definition) is 5. The molecule has 3 fully saturated rings. The zero-order chi connectivity index (χ0) is 27.9. The third-order valence-electron chi connectivity index (χ3n) is 9.38. The topological polar surface area (TPSA) is 84.3 Å². The quantitative estimate of drug-likeness (QED) is 0.416. The highest BCUT2D eigenvalue weighted by atomic mass is 32.2. The molecule has 2 aromatic carbocycles. The lowest BCUT2D eigenvalue weighted by Gasteiger charge is -2.40. The fourth-order valence-electron chi connectivity index (χ4n) is 7.34. The monoisotopic (exact) mass is 566 g/mol. The first-order valence-electron chi connectivity index (χ1n) is 14.8. The summed E-state index contributed by atoms with van der Waals surface area (Å²) in [6.45, 7) is 3.00. The van der Waals surface area contributed by atoms with E-state index in [4.69, 9.17) is 4.98 Å². The lowest BCUT2D eigenvalue weighted by molar-refractivity contribution is -0.126. The summed E-state index contributed by atoms with van der Waals surface area (Å²) in [6.07, 6.45) is 6.80. The van der Waals surface area contributed by atoms with Crippen molar-refractivity contribution in [2.24, 2.45) is 5.92 Å². The van der Waals surface area contributed by atoms with Gasteiger partial charge in [-0.05, 0) is 74.8 Å². The average Bonchev–Trinajstić information content (AvgIpc) is 3.43. The van der Waals surface area contributed by atoms with Crippen LogP contribution in [0.3, 0.4) is 0 Å². The van der Waals surface area contributed by atoms with Crippen LogP contribution in [0.25, 0.3) is 11.0 Å². The molecule has 1 amide bonds. The number of carbonyl (C=O) groups excluding carboxylic acids is 1. The maximum absolute atomic E-state index is 14.2. The van der Waals surface area contributed by atoms with Crippen molar-refractivity contribution in [2.45, 2.75) is 82.5 Å². The molecule has 0 radical (unpaired) electrons. The number of amides is 1. The number of rotatable bonds is 8. The molecule has 3 aromatic rings. The van der Waals surface area contributed by atoms with Gasteiger partial charge in [0.15, 0.2) is 0 Å². The Morgan fingerprint density at radius 2 is 1.75 bits per heavy atom. The van der Waals surface area contributed by atoms with Crippen LogP contribution < -0.4 is 5.32 Å². The minimum atomic E-state index is -3.05. The van der Waals surface area contributed by atoms with Gasteiger partial charge in [0, 0.05) is 37.0 Å². The van der Waals surface area contributed by atoms with Crippen molar-refractivity contribution in [1.29, 1.82) is 0 Å². The van der Waals surface area contributed by atoms with Crippen molar-refractivity contribution < 1.29 is 17.6 Å². The molecule has 3 aliphatic rings. The van der Waals surface area contributed by atoms with E-state index >= 15 is 0 Å². The highest BCUT2D eigenvalue weighted by molar-refractivity contribution is 7.91. The number of para-hydroxylation sites is 2. The summed E-state index contributed by atoms with van der Waals surface area (Å²) in [4.78, 5) is 20.7. The second-order valence-electron chi connectivity index (χ2n) is 11.8. The summed E-state index contributed by atoms with van der Waals surface area (Å²) >= 11 is 0. The molecule has 3 aliphatic heterocycles. The van der Waals surface area contributed by atoms with Crippen LogP contribution in [0.2, 0.25) is 0 Å². The normalized spacial score (nSPS) is 25.7. The molecule has 1 unspecified atom stereocenters. The maximum Gasteiger partial charge on any atom is 0.223 e. The third-order valence-corrected chi connectivity index (χ3v) is 11.1. The minimum absolute atomic E-state index is 0.0555. The molecular formula is C31H39FN4O3S.